The van der Waals surface area contributed by atoms with Gasteiger partial charge in [-0.3, -0.25) is 14.9 Å². The maximum absolute atomic E-state index is 12.1. The third kappa shape index (κ3) is 3.67. The molecule has 1 amide bonds. The lowest BCUT2D eigenvalue weighted by Gasteiger charge is -2.06. The summed E-state index contributed by atoms with van der Waals surface area (Å²) >= 11 is 1.60. The van der Waals surface area contributed by atoms with E-state index in [9.17, 15) is 14.9 Å². The minimum Gasteiger partial charge on any atom is -0.351 e. The first-order chi connectivity index (χ1) is 10.5. The monoisotopic (exact) mass is 319 g/mol. The zero-order valence-electron chi connectivity index (χ0n) is 12.5. The first kappa shape index (κ1) is 16.1. The Balaban J connectivity index is 2.01. The van der Waals surface area contributed by atoms with Crippen LogP contribution in [0.4, 0.5) is 5.69 Å². The van der Waals surface area contributed by atoms with Gasteiger partial charge in [-0.25, -0.2) is 4.98 Å². The van der Waals surface area contributed by atoms with Crippen LogP contribution >= 0.6 is 11.3 Å². The Bertz CT molecular complexity index is 697. The number of aromatic nitrogens is 1. The maximum Gasteiger partial charge on any atom is 0.285 e. The fraction of sp³-hybridized carbons (Fsp3) is 0.333. The number of carbonyl (C=O) groups is 1. The molecule has 116 valence electrons. The second kappa shape index (κ2) is 7.13. The minimum atomic E-state index is -0.516. The number of nitrogens with zero attached hydrogens (tertiary/aromatic N) is 2. The van der Waals surface area contributed by atoms with Crippen LogP contribution in [0.1, 0.15) is 33.5 Å². The number of amides is 1. The summed E-state index contributed by atoms with van der Waals surface area (Å²) in [6, 6.07) is 4.74. The first-order valence-corrected chi connectivity index (χ1v) is 7.86. The Labute approximate surface area is 132 Å². The topological polar surface area (TPSA) is 85.1 Å². The third-order valence-corrected chi connectivity index (χ3v) is 4.28. The van der Waals surface area contributed by atoms with E-state index in [0.717, 1.165) is 17.1 Å². The number of hydrogen-bond acceptors (Lipinski definition) is 5. The van der Waals surface area contributed by atoms with Gasteiger partial charge < -0.3 is 5.32 Å². The summed E-state index contributed by atoms with van der Waals surface area (Å²) in [6.45, 7) is 4.06. The molecule has 0 radical (unpaired) electrons. The fourth-order valence-electron chi connectivity index (χ4n) is 2.11. The van der Waals surface area contributed by atoms with Crippen molar-refractivity contribution in [2.45, 2.75) is 26.7 Å². The van der Waals surface area contributed by atoms with Crippen molar-refractivity contribution >= 4 is 22.9 Å². The first-order valence-electron chi connectivity index (χ1n) is 6.98. The van der Waals surface area contributed by atoms with E-state index in [4.69, 9.17) is 0 Å². The molecule has 1 N–H and O–H groups in total. The molecular formula is C15H17N3O3S. The largest absolute Gasteiger partial charge is 0.351 e. The number of benzene rings is 1. The van der Waals surface area contributed by atoms with Crippen molar-refractivity contribution in [2.24, 2.45) is 0 Å². The highest BCUT2D eigenvalue weighted by Gasteiger charge is 2.21. The molecule has 0 spiro atoms. The second-order valence-corrected chi connectivity index (χ2v) is 5.76. The number of aryl methyl sites for hydroxylation is 2. The van der Waals surface area contributed by atoms with E-state index in [0.29, 0.717) is 18.5 Å². The van der Waals surface area contributed by atoms with E-state index in [-0.39, 0.29) is 11.3 Å². The smallest absolute Gasteiger partial charge is 0.285 e. The minimum absolute atomic E-state index is 0.0949. The van der Waals surface area contributed by atoms with Gasteiger partial charge in [0.05, 0.1) is 15.6 Å². The molecule has 0 aliphatic rings. The van der Waals surface area contributed by atoms with Crippen LogP contribution in [0, 0.1) is 17.0 Å². The second-order valence-electron chi connectivity index (χ2n) is 4.82. The highest BCUT2D eigenvalue weighted by molar-refractivity contribution is 7.09. The number of hydrogen-bond donors (Lipinski definition) is 1. The Morgan fingerprint density at radius 3 is 2.86 bits per heavy atom. The molecule has 0 unspecified atom stereocenters. The van der Waals surface area contributed by atoms with Crippen LogP contribution in [-0.4, -0.2) is 22.4 Å². The van der Waals surface area contributed by atoms with Crippen LogP contribution in [0.25, 0.3) is 0 Å². The lowest BCUT2D eigenvalue weighted by molar-refractivity contribution is -0.385. The van der Waals surface area contributed by atoms with E-state index in [1.54, 1.807) is 30.4 Å². The molecule has 0 atom stereocenters. The Kier molecular flexibility index (Phi) is 5.21. The van der Waals surface area contributed by atoms with E-state index < -0.39 is 10.8 Å². The molecule has 7 heteroatoms. The van der Waals surface area contributed by atoms with Crippen LogP contribution in [-0.2, 0) is 12.8 Å². The lowest BCUT2D eigenvalue weighted by atomic mass is 10.1. The molecular weight excluding hydrogens is 302 g/mol. The van der Waals surface area contributed by atoms with Gasteiger partial charge in [0.15, 0.2) is 0 Å². The summed E-state index contributed by atoms with van der Waals surface area (Å²) in [5.74, 6) is -0.429. The van der Waals surface area contributed by atoms with Crippen LogP contribution in [0.3, 0.4) is 0 Å². The van der Waals surface area contributed by atoms with Crippen molar-refractivity contribution in [1.82, 2.24) is 10.3 Å². The lowest BCUT2D eigenvalue weighted by Crippen LogP contribution is -2.26. The number of thiazole rings is 1. The van der Waals surface area contributed by atoms with Crippen LogP contribution < -0.4 is 5.32 Å². The molecule has 2 rings (SSSR count). The van der Waals surface area contributed by atoms with Gasteiger partial charge in [0.25, 0.3) is 11.6 Å². The van der Waals surface area contributed by atoms with Crippen LogP contribution in [0.5, 0.6) is 0 Å². The molecule has 22 heavy (non-hydrogen) atoms. The highest BCUT2D eigenvalue weighted by atomic mass is 32.1. The zero-order chi connectivity index (χ0) is 16.1. The molecule has 2 aromatic rings. The molecule has 0 aliphatic carbocycles. The Morgan fingerprint density at radius 2 is 2.23 bits per heavy atom. The summed E-state index contributed by atoms with van der Waals surface area (Å²) in [4.78, 5) is 27.1. The molecule has 0 bridgehead atoms. The van der Waals surface area contributed by atoms with Gasteiger partial charge >= 0.3 is 0 Å². The normalized spacial score (nSPS) is 10.5. The van der Waals surface area contributed by atoms with Crippen molar-refractivity contribution < 1.29 is 9.72 Å². The van der Waals surface area contributed by atoms with Crippen molar-refractivity contribution in [3.8, 4) is 0 Å². The molecule has 6 nitrogen and oxygen atoms in total. The molecule has 0 saturated heterocycles. The summed E-state index contributed by atoms with van der Waals surface area (Å²) in [7, 11) is 0. The number of nitro groups is 1. The quantitative estimate of drug-likeness (QED) is 0.655. The van der Waals surface area contributed by atoms with Gasteiger partial charge in [-0.05, 0) is 19.4 Å². The van der Waals surface area contributed by atoms with Gasteiger partial charge in [-0.15, -0.1) is 11.3 Å². The molecule has 0 saturated carbocycles. The number of nitro benzene ring substituents is 1. The summed E-state index contributed by atoms with van der Waals surface area (Å²) in [6.07, 6.45) is 1.51. The molecule has 1 aromatic heterocycles. The standard InChI is InChI=1S/C15H17N3O3S/c1-3-13-17-11(9-22-13)7-8-16-15(19)12-6-4-5-10(2)14(12)18(20)21/h4-6,9H,3,7-8H2,1-2H3,(H,16,19). The zero-order valence-corrected chi connectivity index (χ0v) is 13.3. The highest BCUT2D eigenvalue weighted by Crippen LogP contribution is 2.22. The molecule has 1 aromatic carbocycles. The number of rotatable bonds is 6. The average molecular weight is 319 g/mol. The van der Waals surface area contributed by atoms with Crippen molar-refractivity contribution in [3.63, 3.8) is 0 Å². The molecule has 0 fully saturated rings. The number of nitrogens with one attached hydrogen (secondary N) is 1. The molecule has 1 heterocycles. The Hall–Kier alpha value is -2.28. The van der Waals surface area contributed by atoms with Crippen molar-refractivity contribution in [1.29, 1.82) is 0 Å². The van der Waals surface area contributed by atoms with Crippen LogP contribution in [0.15, 0.2) is 23.6 Å². The van der Waals surface area contributed by atoms with Gasteiger partial charge in [-0.2, -0.15) is 0 Å². The SMILES string of the molecule is CCc1nc(CCNC(=O)c2cccc(C)c2[N+](=O)[O-])cs1. The van der Waals surface area contributed by atoms with Gasteiger partial charge in [0, 0.05) is 23.9 Å². The van der Waals surface area contributed by atoms with Gasteiger partial charge in [0.2, 0.25) is 0 Å². The summed E-state index contributed by atoms with van der Waals surface area (Å²) < 4.78 is 0. The van der Waals surface area contributed by atoms with E-state index in [1.807, 2.05) is 12.3 Å². The summed E-state index contributed by atoms with van der Waals surface area (Å²) in [5, 5.41) is 16.9. The van der Waals surface area contributed by atoms with Crippen LogP contribution in [0.2, 0.25) is 0 Å². The maximum atomic E-state index is 12.1. The predicted molar refractivity (Wildman–Crippen MR) is 85.4 cm³/mol. The van der Waals surface area contributed by atoms with E-state index >= 15 is 0 Å². The van der Waals surface area contributed by atoms with Crippen molar-refractivity contribution in [3.05, 3.63) is 55.5 Å². The number of carbonyl (C=O) groups excluding carboxylic acids is 1. The van der Waals surface area contributed by atoms with Gasteiger partial charge in [-0.1, -0.05) is 19.1 Å². The fourth-order valence-corrected chi connectivity index (χ4v) is 2.89. The average Bonchev–Trinajstić information content (AvgIpc) is 2.94. The number of para-hydroxylation sites is 1. The third-order valence-electron chi connectivity index (χ3n) is 3.23. The van der Waals surface area contributed by atoms with E-state index in [2.05, 4.69) is 10.3 Å². The van der Waals surface area contributed by atoms with E-state index in [1.165, 1.54) is 6.07 Å². The Morgan fingerprint density at radius 1 is 1.45 bits per heavy atom. The summed E-state index contributed by atoms with van der Waals surface area (Å²) in [5.41, 5.74) is 1.37. The molecule has 0 aliphatic heterocycles. The van der Waals surface area contributed by atoms with Gasteiger partial charge in [0.1, 0.15) is 5.56 Å². The van der Waals surface area contributed by atoms with Crippen molar-refractivity contribution in [2.75, 3.05) is 6.54 Å². The predicted octanol–water partition coefficient (Wildman–Crippen LogP) is 2.89.